The van der Waals surface area contributed by atoms with Gasteiger partial charge in [0, 0.05) is 22.0 Å². The molecule has 2 saturated heterocycles. The zero-order valence-corrected chi connectivity index (χ0v) is 11.9. The van der Waals surface area contributed by atoms with E-state index < -0.39 is 0 Å². The smallest absolute Gasteiger partial charge is 0.167 e. The molecule has 0 N–H and O–H groups in total. The third-order valence-electron chi connectivity index (χ3n) is 4.30. The number of hydrogen-bond donors (Lipinski definition) is 0. The third-order valence-corrected chi connectivity index (χ3v) is 5.93. The van der Waals surface area contributed by atoms with Crippen LogP contribution in [0.15, 0.2) is 18.2 Å². The van der Waals surface area contributed by atoms with Gasteiger partial charge >= 0.3 is 0 Å². The number of nitrogens with zero attached hydrogens (tertiary/aromatic N) is 1. The van der Waals surface area contributed by atoms with E-state index in [-0.39, 0.29) is 11.7 Å². The van der Waals surface area contributed by atoms with Crippen LogP contribution in [0, 0.1) is 24.2 Å². The highest BCUT2D eigenvalue weighted by molar-refractivity contribution is 8.00. The van der Waals surface area contributed by atoms with Gasteiger partial charge in [-0.2, -0.15) is 17.0 Å². The predicted octanol–water partition coefficient (Wildman–Crippen LogP) is 3.72. The van der Waals surface area contributed by atoms with Gasteiger partial charge < -0.3 is 0 Å². The summed E-state index contributed by atoms with van der Waals surface area (Å²) in [6.45, 7) is 1.93. The SMILES string of the molecule is Cc1cccc(C#N)c1C(=O)C1CC2CCC(C1)S2. The number of nitriles is 1. The molecule has 0 amide bonds. The average Bonchev–Trinajstić information content (AvgIpc) is 2.76. The van der Waals surface area contributed by atoms with E-state index in [1.54, 1.807) is 6.07 Å². The van der Waals surface area contributed by atoms with Crippen LogP contribution < -0.4 is 0 Å². The third kappa shape index (κ3) is 2.30. The summed E-state index contributed by atoms with van der Waals surface area (Å²) >= 11 is 2.07. The highest BCUT2D eigenvalue weighted by Crippen LogP contribution is 2.46. The van der Waals surface area contributed by atoms with Crippen LogP contribution in [0.1, 0.15) is 47.2 Å². The van der Waals surface area contributed by atoms with Crippen LogP contribution in [0.3, 0.4) is 0 Å². The van der Waals surface area contributed by atoms with Gasteiger partial charge in [0.05, 0.1) is 11.6 Å². The lowest BCUT2D eigenvalue weighted by molar-refractivity contribution is 0.0906. The van der Waals surface area contributed by atoms with Crippen molar-refractivity contribution in [2.45, 2.75) is 43.1 Å². The first-order valence-electron chi connectivity index (χ1n) is 6.88. The van der Waals surface area contributed by atoms with Crippen molar-refractivity contribution in [1.82, 2.24) is 0 Å². The predicted molar refractivity (Wildman–Crippen MR) is 77.3 cm³/mol. The van der Waals surface area contributed by atoms with Gasteiger partial charge in [-0.3, -0.25) is 4.79 Å². The summed E-state index contributed by atoms with van der Waals surface area (Å²) in [6, 6.07) is 7.71. The molecule has 2 atom stereocenters. The van der Waals surface area contributed by atoms with Crippen molar-refractivity contribution in [3.63, 3.8) is 0 Å². The maximum Gasteiger partial charge on any atom is 0.167 e. The van der Waals surface area contributed by atoms with Crippen LogP contribution in [0.5, 0.6) is 0 Å². The molecule has 1 aromatic rings. The lowest BCUT2D eigenvalue weighted by atomic mass is 9.86. The maximum atomic E-state index is 12.8. The van der Waals surface area contributed by atoms with Crippen LogP contribution in [0.2, 0.25) is 0 Å². The van der Waals surface area contributed by atoms with Gasteiger partial charge in [0.1, 0.15) is 0 Å². The van der Waals surface area contributed by atoms with Gasteiger partial charge in [0.2, 0.25) is 0 Å². The Kier molecular flexibility index (Phi) is 3.36. The largest absolute Gasteiger partial charge is 0.294 e. The van der Waals surface area contributed by atoms with E-state index in [2.05, 4.69) is 17.8 Å². The molecule has 2 aliphatic rings. The molecule has 0 aromatic heterocycles. The Morgan fingerprint density at radius 2 is 2.00 bits per heavy atom. The van der Waals surface area contributed by atoms with E-state index in [9.17, 15) is 10.1 Å². The minimum Gasteiger partial charge on any atom is -0.294 e. The molecule has 3 rings (SSSR count). The quantitative estimate of drug-likeness (QED) is 0.770. The van der Waals surface area contributed by atoms with E-state index in [1.807, 2.05) is 19.1 Å². The Labute approximate surface area is 118 Å². The first-order chi connectivity index (χ1) is 9.19. The van der Waals surface area contributed by atoms with Crippen molar-refractivity contribution in [3.8, 4) is 6.07 Å². The normalized spacial score (nSPS) is 28.9. The Bertz CT molecular complexity index is 548. The van der Waals surface area contributed by atoms with Crippen molar-refractivity contribution < 1.29 is 4.79 Å². The number of hydrogen-bond acceptors (Lipinski definition) is 3. The van der Waals surface area contributed by atoms with Crippen molar-refractivity contribution in [3.05, 3.63) is 34.9 Å². The van der Waals surface area contributed by atoms with Gasteiger partial charge in [-0.15, -0.1) is 0 Å². The second-order valence-corrected chi connectivity index (χ2v) is 7.20. The molecule has 2 bridgehead atoms. The van der Waals surface area contributed by atoms with Gasteiger partial charge in [-0.1, -0.05) is 12.1 Å². The maximum absolute atomic E-state index is 12.8. The monoisotopic (exact) mass is 271 g/mol. The number of aryl methyl sites for hydroxylation is 1. The number of ketones is 1. The fraction of sp³-hybridized carbons (Fsp3) is 0.500. The van der Waals surface area contributed by atoms with Crippen molar-refractivity contribution >= 4 is 17.5 Å². The van der Waals surface area contributed by atoms with Gasteiger partial charge in [0.15, 0.2) is 5.78 Å². The van der Waals surface area contributed by atoms with Crippen molar-refractivity contribution in [1.29, 1.82) is 5.26 Å². The fourth-order valence-electron chi connectivity index (χ4n) is 3.36. The zero-order chi connectivity index (χ0) is 13.4. The molecule has 0 saturated carbocycles. The number of Topliss-reactive ketones (excluding diaryl/α,β-unsaturated/α-hetero) is 1. The van der Waals surface area contributed by atoms with Crippen molar-refractivity contribution in [2.24, 2.45) is 5.92 Å². The molecule has 0 radical (unpaired) electrons. The lowest BCUT2D eigenvalue weighted by Gasteiger charge is -2.27. The molecule has 0 spiro atoms. The number of benzene rings is 1. The summed E-state index contributed by atoms with van der Waals surface area (Å²) in [6.07, 6.45) is 4.52. The molecule has 2 nitrogen and oxygen atoms in total. The van der Waals surface area contributed by atoms with E-state index in [0.717, 1.165) is 18.4 Å². The molecule has 3 heteroatoms. The molecule has 0 aliphatic carbocycles. The molecule has 2 unspecified atom stereocenters. The van der Waals surface area contributed by atoms with Crippen LogP contribution >= 0.6 is 11.8 Å². The highest BCUT2D eigenvalue weighted by Gasteiger charge is 2.38. The highest BCUT2D eigenvalue weighted by atomic mass is 32.2. The van der Waals surface area contributed by atoms with Gasteiger partial charge in [-0.25, -0.2) is 0 Å². The molecular weight excluding hydrogens is 254 g/mol. The summed E-state index contributed by atoms with van der Waals surface area (Å²) in [5.41, 5.74) is 2.14. The molecule has 2 heterocycles. The van der Waals surface area contributed by atoms with E-state index in [1.165, 1.54) is 12.8 Å². The zero-order valence-electron chi connectivity index (χ0n) is 11.1. The lowest BCUT2D eigenvalue weighted by Crippen LogP contribution is -2.26. The summed E-state index contributed by atoms with van der Waals surface area (Å²) in [7, 11) is 0. The summed E-state index contributed by atoms with van der Waals surface area (Å²) in [4.78, 5) is 12.8. The fourth-order valence-corrected chi connectivity index (χ4v) is 5.14. The number of thioether (sulfide) groups is 1. The molecule has 1 aromatic carbocycles. The molecule has 19 heavy (non-hydrogen) atoms. The Morgan fingerprint density at radius 1 is 1.32 bits per heavy atom. The number of carbonyl (C=O) groups excluding carboxylic acids is 1. The summed E-state index contributed by atoms with van der Waals surface area (Å²) in [5.74, 6) is 0.332. The number of fused-ring (bicyclic) bond motifs is 2. The van der Waals surface area contributed by atoms with Crippen LogP contribution in [-0.4, -0.2) is 16.3 Å². The Hall–Kier alpha value is -1.27. The standard InChI is InChI=1S/C16H17NOS/c1-10-3-2-4-11(9-17)15(10)16(18)12-7-13-5-6-14(8-12)19-13/h2-4,12-14H,5-8H2,1H3. The first-order valence-corrected chi connectivity index (χ1v) is 7.82. The Balaban J connectivity index is 1.91. The van der Waals surface area contributed by atoms with E-state index in [0.29, 0.717) is 21.6 Å². The Morgan fingerprint density at radius 3 is 2.63 bits per heavy atom. The van der Waals surface area contributed by atoms with Crippen LogP contribution in [0.25, 0.3) is 0 Å². The second kappa shape index (κ2) is 5.02. The topological polar surface area (TPSA) is 40.9 Å². The second-order valence-electron chi connectivity index (χ2n) is 5.60. The minimum absolute atomic E-state index is 0.131. The van der Waals surface area contributed by atoms with Gasteiger partial charge in [-0.05, 0) is 44.2 Å². The summed E-state index contributed by atoms with van der Waals surface area (Å²) in [5, 5.41) is 10.5. The number of rotatable bonds is 2. The molecular formula is C16H17NOS. The molecule has 98 valence electrons. The van der Waals surface area contributed by atoms with Crippen molar-refractivity contribution in [2.75, 3.05) is 0 Å². The van der Waals surface area contributed by atoms with Gasteiger partial charge in [0.25, 0.3) is 0 Å². The van der Waals surface area contributed by atoms with E-state index >= 15 is 0 Å². The molecule has 2 aliphatic heterocycles. The van der Waals surface area contributed by atoms with Crippen LogP contribution in [-0.2, 0) is 0 Å². The minimum atomic E-state index is 0.131. The average molecular weight is 271 g/mol. The summed E-state index contributed by atoms with van der Waals surface area (Å²) < 4.78 is 0. The molecule has 2 fully saturated rings. The number of carbonyl (C=O) groups is 1. The first kappa shape index (κ1) is 12.7. The van der Waals surface area contributed by atoms with E-state index in [4.69, 9.17) is 0 Å². The van der Waals surface area contributed by atoms with Crippen LogP contribution in [0.4, 0.5) is 0 Å².